The minimum absolute atomic E-state index is 1.26. The molecule has 2 heterocycles. The topological polar surface area (TPSA) is 0 Å². The molecule has 0 N–H and O–H groups in total. The molecule has 0 aliphatic carbocycles. The molecule has 0 aromatic heterocycles. The lowest BCUT2D eigenvalue weighted by molar-refractivity contribution is 1.66. The molecule has 12 aromatic carbocycles. The van der Waals surface area contributed by atoms with Crippen molar-refractivity contribution in [1.82, 2.24) is 0 Å². The van der Waals surface area contributed by atoms with Crippen LogP contribution in [-0.2, 0) is 0 Å². The van der Waals surface area contributed by atoms with E-state index in [-0.39, 0.29) is 0 Å². The first-order valence-corrected chi connectivity index (χ1v) is 30.2. The molecule has 0 unspecified atom stereocenters. The highest BCUT2D eigenvalue weighted by molar-refractivity contribution is 7.13. The summed E-state index contributed by atoms with van der Waals surface area (Å²) in [4.78, 5) is 0. The van der Waals surface area contributed by atoms with E-state index in [1.165, 1.54) is 121 Å². The number of rotatable bonds is 4. The van der Waals surface area contributed by atoms with Gasteiger partial charge in [0.1, 0.15) is 16.1 Å². The van der Waals surface area contributed by atoms with Crippen LogP contribution in [-0.4, -0.2) is 16.1 Å². The second-order valence-electron chi connectivity index (χ2n) is 20.2. The van der Waals surface area contributed by atoms with Gasteiger partial charge in [0, 0.05) is 0 Å². The maximum Gasteiger partial charge on any atom is 0.113 e. The Morgan fingerprint density at radius 3 is 0.735 bits per heavy atom. The minimum Gasteiger partial charge on any atom is -0.0622 e. The molecule has 0 bridgehead atoms. The first kappa shape index (κ1) is 39.5. The first-order chi connectivity index (χ1) is 33.3. The summed E-state index contributed by atoms with van der Waals surface area (Å²) < 4.78 is 0. The van der Waals surface area contributed by atoms with Gasteiger partial charge in [0.2, 0.25) is 0 Å². The SMILES string of the molecule is C[Si]1(C)c2cc(-c3c4ccccc4c(-c4ccccc4)c4ccccc34)ccc2-c2c1c1c(c3ccccc23)-c2ccc(-c3c4ccccc4c(-c4ccccc4)c4ccccc34)cc2[Si]1(C)C. The lowest BCUT2D eigenvalue weighted by Crippen LogP contribution is -2.63. The van der Waals surface area contributed by atoms with Crippen LogP contribution in [0.2, 0.25) is 26.2 Å². The van der Waals surface area contributed by atoms with Crippen LogP contribution in [0.3, 0.4) is 0 Å². The van der Waals surface area contributed by atoms with Crippen LogP contribution in [0.5, 0.6) is 0 Å². The quantitative estimate of drug-likeness (QED) is 0.122. The molecular weight excluding hydrogens is 849 g/mol. The van der Waals surface area contributed by atoms with Gasteiger partial charge in [-0.2, -0.15) is 0 Å². The van der Waals surface area contributed by atoms with Gasteiger partial charge in [-0.05, 0) is 141 Å². The van der Waals surface area contributed by atoms with E-state index >= 15 is 0 Å². The Morgan fingerprint density at radius 2 is 0.456 bits per heavy atom. The van der Waals surface area contributed by atoms with Crippen molar-refractivity contribution in [1.29, 1.82) is 0 Å². The molecule has 0 spiro atoms. The Morgan fingerprint density at radius 1 is 0.221 bits per heavy atom. The van der Waals surface area contributed by atoms with Gasteiger partial charge in [-0.25, -0.2) is 0 Å². The summed E-state index contributed by atoms with van der Waals surface area (Å²) in [6, 6.07) is 82.8. The second kappa shape index (κ2) is 14.4. The summed E-state index contributed by atoms with van der Waals surface area (Å²) in [7, 11) is -4.60. The van der Waals surface area contributed by atoms with Crippen LogP contribution < -0.4 is 20.7 Å². The maximum atomic E-state index is 2.65. The van der Waals surface area contributed by atoms with Gasteiger partial charge >= 0.3 is 0 Å². The smallest absolute Gasteiger partial charge is 0.0622 e. The maximum absolute atomic E-state index is 2.65. The van der Waals surface area contributed by atoms with Crippen molar-refractivity contribution >= 4 is 90.8 Å². The van der Waals surface area contributed by atoms with Gasteiger partial charge in [0.15, 0.2) is 0 Å². The van der Waals surface area contributed by atoms with Crippen molar-refractivity contribution in [3.63, 3.8) is 0 Å². The van der Waals surface area contributed by atoms with Crippen LogP contribution in [0.1, 0.15) is 0 Å². The summed E-state index contributed by atoms with van der Waals surface area (Å²) in [6.07, 6.45) is 0. The van der Waals surface area contributed by atoms with Crippen LogP contribution in [0, 0.1) is 0 Å². The summed E-state index contributed by atoms with van der Waals surface area (Å²) in [5, 5.41) is 19.7. The van der Waals surface area contributed by atoms with Gasteiger partial charge in [-0.15, -0.1) is 0 Å². The average Bonchev–Trinajstić information content (AvgIpc) is 3.76. The van der Waals surface area contributed by atoms with Crippen LogP contribution >= 0.6 is 0 Å². The molecule has 0 nitrogen and oxygen atoms in total. The van der Waals surface area contributed by atoms with Crippen molar-refractivity contribution in [2.45, 2.75) is 26.2 Å². The van der Waals surface area contributed by atoms with Gasteiger partial charge in [-0.1, -0.05) is 245 Å². The summed E-state index contributed by atoms with van der Waals surface area (Å²) in [5.41, 5.74) is 16.3. The molecule has 0 saturated heterocycles. The number of hydrogen-bond donors (Lipinski definition) is 0. The van der Waals surface area contributed by atoms with Gasteiger partial charge in [0.05, 0.1) is 0 Å². The highest BCUT2D eigenvalue weighted by Gasteiger charge is 2.49. The summed E-state index contributed by atoms with van der Waals surface area (Å²) in [5.74, 6) is 0. The normalized spacial score (nSPS) is 14.1. The van der Waals surface area contributed by atoms with Crippen molar-refractivity contribution < 1.29 is 0 Å². The van der Waals surface area contributed by atoms with E-state index in [1.54, 1.807) is 20.7 Å². The van der Waals surface area contributed by atoms with E-state index in [9.17, 15) is 0 Å². The predicted molar refractivity (Wildman–Crippen MR) is 300 cm³/mol. The van der Waals surface area contributed by atoms with Crippen LogP contribution in [0.15, 0.2) is 218 Å². The molecular formula is C66H48Si2. The zero-order valence-corrected chi connectivity index (χ0v) is 40.8. The fraction of sp³-hybridized carbons (Fsp3) is 0.0606. The Hall–Kier alpha value is -7.63. The molecule has 2 aliphatic rings. The third-order valence-corrected chi connectivity index (χ3v) is 23.2. The average molecular weight is 897 g/mol. The van der Waals surface area contributed by atoms with Crippen molar-refractivity contribution in [3.8, 4) is 66.8 Å². The molecule has 68 heavy (non-hydrogen) atoms. The molecule has 12 aromatic rings. The first-order valence-electron chi connectivity index (χ1n) is 24.2. The lowest BCUT2D eigenvalue weighted by atomic mass is 9.85. The molecule has 0 atom stereocenters. The summed E-state index contributed by atoms with van der Waals surface area (Å²) >= 11 is 0. The third kappa shape index (κ3) is 5.36. The van der Waals surface area contributed by atoms with Crippen molar-refractivity contribution in [3.05, 3.63) is 218 Å². The zero-order chi connectivity index (χ0) is 45.5. The number of hydrogen-bond acceptors (Lipinski definition) is 0. The molecule has 2 aliphatic heterocycles. The van der Waals surface area contributed by atoms with E-state index in [1.807, 2.05) is 0 Å². The molecule has 2 heteroatoms. The fourth-order valence-corrected chi connectivity index (χ4v) is 21.6. The van der Waals surface area contributed by atoms with Gasteiger partial charge in [-0.3, -0.25) is 0 Å². The Kier molecular flexibility index (Phi) is 8.39. The highest BCUT2D eigenvalue weighted by Crippen LogP contribution is 2.48. The third-order valence-electron chi connectivity index (χ3n) is 16.0. The van der Waals surface area contributed by atoms with Crippen molar-refractivity contribution in [2.24, 2.45) is 0 Å². The molecule has 0 amide bonds. The Balaban J connectivity index is 0.981. The van der Waals surface area contributed by atoms with E-state index in [0.29, 0.717) is 0 Å². The Bertz CT molecular complexity index is 3740. The van der Waals surface area contributed by atoms with E-state index in [4.69, 9.17) is 0 Å². The fourth-order valence-electron chi connectivity index (χ4n) is 13.1. The van der Waals surface area contributed by atoms with Gasteiger partial charge < -0.3 is 0 Å². The molecule has 14 rings (SSSR count). The Labute approximate surface area is 399 Å². The van der Waals surface area contributed by atoms with Crippen molar-refractivity contribution in [2.75, 3.05) is 0 Å². The summed E-state index contributed by atoms with van der Waals surface area (Å²) in [6.45, 7) is 10.6. The van der Waals surface area contributed by atoms with E-state index < -0.39 is 16.1 Å². The van der Waals surface area contributed by atoms with Crippen LogP contribution in [0.4, 0.5) is 0 Å². The largest absolute Gasteiger partial charge is 0.113 e. The van der Waals surface area contributed by atoms with Gasteiger partial charge in [0.25, 0.3) is 0 Å². The number of benzene rings is 12. The van der Waals surface area contributed by atoms with Crippen LogP contribution in [0.25, 0.3) is 121 Å². The predicted octanol–water partition coefficient (Wildman–Crippen LogP) is 15.7. The molecule has 320 valence electrons. The van der Waals surface area contributed by atoms with E-state index in [0.717, 1.165) is 0 Å². The molecule has 0 saturated carbocycles. The standard InChI is InChI=1S/C66H48Si2/c1-67(2)57-39-43(61-49-29-15-11-25-45(49)59(41-21-7-5-8-22-41)46-26-12-16-30-50(46)61)35-37-55(57)63-53-33-19-20-34-54(53)64-56-38-36-44(40-58(56)68(3,4)66(64)65(63)67)62-51-31-17-13-27-47(51)60(42-23-9-6-10-24-42)48-28-14-18-32-52(48)62/h5-40H,1-4H3. The minimum atomic E-state index is -2.30. The second-order valence-corrected chi connectivity index (χ2v) is 28.8. The monoisotopic (exact) mass is 896 g/mol. The molecule has 0 radical (unpaired) electrons. The lowest BCUT2D eigenvalue weighted by Gasteiger charge is -2.29. The molecule has 0 fully saturated rings. The zero-order valence-electron chi connectivity index (χ0n) is 38.8. The highest BCUT2D eigenvalue weighted by atomic mass is 28.3. The van der Waals surface area contributed by atoms with E-state index in [2.05, 4.69) is 245 Å². The number of fused-ring (bicyclic) bond motifs is 14.